The lowest BCUT2D eigenvalue weighted by molar-refractivity contribution is -0.133. The third kappa shape index (κ3) is 4.02. The Bertz CT molecular complexity index is 1150. The van der Waals surface area contributed by atoms with E-state index in [1.165, 1.54) is 5.56 Å². The number of carbonyl (C=O) groups excluding carboxylic acids is 1. The lowest BCUT2D eigenvalue weighted by atomic mass is 9.84. The molecule has 33 heavy (non-hydrogen) atoms. The van der Waals surface area contributed by atoms with Gasteiger partial charge in [0.25, 0.3) is 0 Å². The number of benzene rings is 2. The second-order valence-electron chi connectivity index (χ2n) is 9.38. The summed E-state index contributed by atoms with van der Waals surface area (Å²) >= 11 is 0. The molecule has 0 saturated carbocycles. The molecule has 0 atom stereocenters. The number of likely N-dealkylation sites (tertiary alicyclic amines) is 1. The molecule has 0 radical (unpaired) electrons. The van der Waals surface area contributed by atoms with Crippen molar-refractivity contribution in [2.75, 3.05) is 33.8 Å². The van der Waals surface area contributed by atoms with Gasteiger partial charge < -0.3 is 14.2 Å². The number of rotatable bonds is 4. The Balaban J connectivity index is 1.39. The average molecular weight is 446 g/mol. The number of ether oxygens (including phenoxy) is 1. The van der Waals surface area contributed by atoms with Crippen molar-refractivity contribution in [2.24, 2.45) is 0 Å². The van der Waals surface area contributed by atoms with Crippen LogP contribution < -0.4 is 4.74 Å². The summed E-state index contributed by atoms with van der Waals surface area (Å²) in [5.41, 5.74) is 3.21. The van der Waals surface area contributed by atoms with Crippen molar-refractivity contribution in [2.45, 2.75) is 38.3 Å². The fourth-order valence-corrected chi connectivity index (χ4v) is 5.35. The summed E-state index contributed by atoms with van der Waals surface area (Å²) in [4.78, 5) is 17.4. The topological polar surface area (TPSA) is 63.5 Å². The summed E-state index contributed by atoms with van der Waals surface area (Å²) in [7, 11) is 3.82. The second kappa shape index (κ2) is 8.63. The lowest BCUT2D eigenvalue weighted by Gasteiger charge is -2.48. The highest BCUT2D eigenvalue weighted by molar-refractivity contribution is 5.79. The quantitative estimate of drug-likeness (QED) is 0.617. The summed E-state index contributed by atoms with van der Waals surface area (Å²) in [6.07, 6.45) is 2.25. The first kappa shape index (κ1) is 21.6. The Morgan fingerprint density at radius 1 is 1.06 bits per heavy atom. The van der Waals surface area contributed by atoms with Crippen molar-refractivity contribution in [1.29, 1.82) is 0 Å². The first-order valence-corrected chi connectivity index (χ1v) is 11.6. The molecule has 3 aromatic rings. The number of methoxy groups -OCH3 is 1. The molecule has 1 saturated heterocycles. The molecular weight excluding hydrogens is 414 g/mol. The smallest absolute Gasteiger partial charge is 0.227 e. The predicted octanol–water partition coefficient (Wildman–Crippen LogP) is 3.27. The maximum absolute atomic E-state index is 13.1. The molecule has 3 heterocycles. The van der Waals surface area contributed by atoms with E-state index in [1.807, 2.05) is 41.3 Å². The van der Waals surface area contributed by atoms with Crippen LogP contribution in [0.5, 0.6) is 5.75 Å². The zero-order valence-corrected chi connectivity index (χ0v) is 19.6. The molecule has 2 aliphatic rings. The van der Waals surface area contributed by atoms with Gasteiger partial charge in [0.1, 0.15) is 11.6 Å². The zero-order chi connectivity index (χ0) is 23.0. The molecule has 2 aliphatic heterocycles. The van der Waals surface area contributed by atoms with Crippen LogP contribution in [-0.2, 0) is 23.3 Å². The predicted molar refractivity (Wildman–Crippen MR) is 127 cm³/mol. The molecule has 7 heteroatoms. The van der Waals surface area contributed by atoms with Crippen LogP contribution in [0.4, 0.5) is 0 Å². The summed E-state index contributed by atoms with van der Waals surface area (Å²) in [6, 6.07) is 16.2. The second-order valence-corrected chi connectivity index (χ2v) is 9.38. The zero-order valence-electron chi connectivity index (χ0n) is 19.6. The number of hydrogen-bond donors (Lipinski definition) is 0. The highest BCUT2D eigenvalue weighted by atomic mass is 16.5. The molecule has 2 aromatic carbocycles. The maximum atomic E-state index is 13.1. The molecule has 0 N–H and O–H groups in total. The Morgan fingerprint density at radius 3 is 2.48 bits per heavy atom. The molecular formula is C26H31N5O2. The first-order valence-electron chi connectivity index (χ1n) is 11.6. The number of amides is 1. The van der Waals surface area contributed by atoms with E-state index in [4.69, 9.17) is 4.74 Å². The Morgan fingerprint density at radius 2 is 1.79 bits per heavy atom. The first-order chi connectivity index (χ1) is 16.0. The number of aryl methyl sites for hydroxylation is 1. The highest BCUT2D eigenvalue weighted by Gasteiger charge is 2.44. The van der Waals surface area contributed by atoms with Crippen LogP contribution in [-0.4, -0.2) is 64.3 Å². The Hall–Kier alpha value is -3.19. The van der Waals surface area contributed by atoms with Gasteiger partial charge in [-0.2, -0.15) is 0 Å². The summed E-state index contributed by atoms with van der Waals surface area (Å²) in [6.45, 7) is 5.28. The molecule has 0 bridgehead atoms. The van der Waals surface area contributed by atoms with Crippen LogP contribution >= 0.6 is 0 Å². The van der Waals surface area contributed by atoms with E-state index in [1.54, 1.807) is 7.11 Å². The van der Waals surface area contributed by atoms with Crippen LogP contribution in [0.25, 0.3) is 11.4 Å². The molecule has 1 aromatic heterocycles. The standard InChI is InChI=1S/C26H31N5O2/c1-19-6-4-5-7-21(19)16-24(32)30-14-12-26(13-15-30)18-29(2)17-23-27-28-25(31(23)26)20-8-10-22(33-3)11-9-20/h4-11H,12-18H2,1-3H3. The van der Waals surface area contributed by atoms with Gasteiger partial charge in [0.05, 0.1) is 25.6 Å². The van der Waals surface area contributed by atoms with Gasteiger partial charge in [-0.25, -0.2) is 0 Å². The summed E-state index contributed by atoms with van der Waals surface area (Å²) < 4.78 is 7.68. The van der Waals surface area contributed by atoms with E-state index < -0.39 is 0 Å². The van der Waals surface area contributed by atoms with E-state index in [-0.39, 0.29) is 11.4 Å². The van der Waals surface area contributed by atoms with Crippen molar-refractivity contribution < 1.29 is 9.53 Å². The van der Waals surface area contributed by atoms with Crippen molar-refractivity contribution in [3.8, 4) is 17.1 Å². The van der Waals surface area contributed by atoms with Crippen LogP contribution in [0.1, 0.15) is 29.8 Å². The molecule has 7 nitrogen and oxygen atoms in total. The largest absolute Gasteiger partial charge is 0.497 e. The van der Waals surface area contributed by atoms with Crippen molar-refractivity contribution in [1.82, 2.24) is 24.6 Å². The third-order valence-electron chi connectivity index (χ3n) is 7.18. The molecule has 5 rings (SSSR count). The average Bonchev–Trinajstić information content (AvgIpc) is 3.25. The maximum Gasteiger partial charge on any atom is 0.227 e. The molecule has 1 amide bonds. The number of likely N-dealkylation sites (N-methyl/N-ethyl adjacent to an activating group) is 1. The van der Waals surface area contributed by atoms with E-state index in [2.05, 4.69) is 45.8 Å². The van der Waals surface area contributed by atoms with Crippen molar-refractivity contribution in [3.05, 3.63) is 65.5 Å². The molecule has 0 unspecified atom stereocenters. The number of piperidine rings is 1. The van der Waals surface area contributed by atoms with Crippen LogP contribution in [0.3, 0.4) is 0 Å². The lowest BCUT2D eigenvalue weighted by Crippen LogP contribution is -2.56. The fraction of sp³-hybridized carbons (Fsp3) is 0.423. The van der Waals surface area contributed by atoms with Gasteiger partial charge in [0.15, 0.2) is 5.82 Å². The highest BCUT2D eigenvalue weighted by Crippen LogP contribution is 2.39. The number of fused-ring (bicyclic) bond motifs is 2. The van der Waals surface area contributed by atoms with Crippen LogP contribution in [0.2, 0.25) is 0 Å². The van der Waals surface area contributed by atoms with Crippen molar-refractivity contribution >= 4 is 5.91 Å². The third-order valence-corrected chi connectivity index (χ3v) is 7.18. The summed E-state index contributed by atoms with van der Waals surface area (Å²) in [5.74, 6) is 2.93. The van der Waals surface area contributed by atoms with Crippen molar-refractivity contribution in [3.63, 3.8) is 0 Å². The van der Waals surface area contributed by atoms with Gasteiger partial charge in [0, 0.05) is 25.2 Å². The van der Waals surface area contributed by atoms with Gasteiger partial charge in [-0.1, -0.05) is 24.3 Å². The van der Waals surface area contributed by atoms with E-state index in [0.717, 1.165) is 67.5 Å². The number of carbonyl (C=O) groups is 1. The van der Waals surface area contributed by atoms with Gasteiger partial charge >= 0.3 is 0 Å². The molecule has 1 fully saturated rings. The normalized spacial score (nSPS) is 17.7. The molecule has 1 spiro atoms. The van der Waals surface area contributed by atoms with Crippen LogP contribution in [0.15, 0.2) is 48.5 Å². The fourth-order valence-electron chi connectivity index (χ4n) is 5.35. The van der Waals surface area contributed by atoms with E-state index in [0.29, 0.717) is 6.42 Å². The summed E-state index contributed by atoms with van der Waals surface area (Å²) in [5, 5.41) is 9.15. The van der Waals surface area contributed by atoms with E-state index in [9.17, 15) is 4.79 Å². The number of hydrogen-bond acceptors (Lipinski definition) is 5. The van der Waals surface area contributed by atoms with Gasteiger partial charge in [-0.15, -0.1) is 10.2 Å². The minimum absolute atomic E-state index is 0.111. The molecule has 0 aliphatic carbocycles. The number of aromatic nitrogens is 3. The molecule has 172 valence electrons. The minimum atomic E-state index is -0.111. The number of nitrogens with zero attached hydrogens (tertiary/aromatic N) is 5. The monoisotopic (exact) mass is 445 g/mol. The van der Waals surface area contributed by atoms with Gasteiger partial charge in [-0.05, 0) is 62.2 Å². The van der Waals surface area contributed by atoms with Crippen LogP contribution in [0, 0.1) is 6.92 Å². The van der Waals surface area contributed by atoms with Gasteiger partial charge in [0.2, 0.25) is 5.91 Å². The SMILES string of the molecule is COc1ccc(-c2nnc3n2C2(CCN(C(=O)Cc4ccccc4C)CC2)CN(C)C3)cc1. The minimum Gasteiger partial charge on any atom is -0.497 e. The Kier molecular flexibility index (Phi) is 5.66. The Labute approximate surface area is 195 Å². The van der Waals surface area contributed by atoms with Gasteiger partial charge in [-0.3, -0.25) is 9.69 Å². The van der Waals surface area contributed by atoms with E-state index >= 15 is 0 Å².